The van der Waals surface area contributed by atoms with Crippen LogP contribution in [0.1, 0.15) is 28.4 Å². The molecule has 0 bridgehead atoms. The van der Waals surface area contributed by atoms with E-state index in [0.717, 1.165) is 27.8 Å². The van der Waals surface area contributed by atoms with E-state index >= 15 is 0 Å². The molecule has 0 saturated heterocycles. The zero-order valence-electron chi connectivity index (χ0n) is 15.6. The number of hydrogen-bond donors (Lipinski definition) is 1. The second-order valence-corrected chi connectivity index (χ2v) is 6.83. The largest absolute Gasteiger partial charge is 0.497 e. The molecule has 1 amide bonds. The fourth-order valence-electron chi connectivity index (χ4n) is 2.36. The van der Waals surface area contributed by atoms with E-state index in [4.69, 9.17) is 4.74 Å². The Morgan fingerprint density at radius 1 is 1.04 bits per heavy atom. The van der Waals surface area contributed by atoms with Crippen molar-refractivity contribution in [2.75, 3.05) is 7.11 Å². The second kappa shape index (κ2) is 9.66. The van der Waals surface area contributed by atoms with E-state index in [1.54, 1.807) is 49.5 Å². The van der Waals surface area contributed by atoms with Gasteiger partial charge in [-0.3, -0.25) is 4.79 Å². The number of aromatic nitrogens is 2. The summed E-state index contributed by atoms with van der Waals surface area (Å²) in [6.07, 6.45) is 3.44. The number of nitrogens with zero attached hydrogens (tertiary/aromatic N) is 3. The first-order valence-electron chi connectivity index (χ1n) is 8.63. The minimum Gasteiger partial charge on any atom is -0.497 e. The van der Waals surface area contributed by atoms with Crippen LogP contribution in [0.5, 0.6) is 5.75 Å². The third-order valence-corrected chi connectivity index (χ3v) is 4.91. The molecule has 28 heavy (non-hydrogen) atoms. The fraction of sp³-hybridized carbons (Fsp3) is 0.143. The highest BCUT2D eigenvalue weighted by Crippen LogP contribution is 2.18. The summed E-state index contributed by atoms with van der Waals surface area (Å²) < 4.78 is 5.14. The lowest BCUT2D eigenvalue weighted by Crippen LogP contribution is -2.19. The summed E-state index contributed by atoms with van der Waals surface area (Å²) in [5.74, 6) is 1.26. The van der Waals surface area contributed by atoms with Gasteiger partial charge in [-0.25, -0.2) is 15.4 Å². The van der Waals surface area contributed by atoms with Gasteiger partial charge < -0.3 is 4.74 Å². The first-order valence-corrected chi connectivity index (χ1v) is 9.62. The smallest absolute Gasteiger partial charge is 0.271 e. The van der Waals surface area contributed by atoms with Crippen LogP contribution in [0.15, 0.2) is 77.2 Å². The highest BCUT2D eigenvalue weighted by Gasteiger charge is 2.06. The number of carbonyl (C=O) groups is 1. The Kier molecular flexibility index (Phi) is 6.75. The number of methoxy groups -OCH3 is 1. The van der Waals surface area contributed by atoms with Crippen molar-refractivity contribution in [3.8, 4) is 5.75 Å². The number of hydrogen-bond acceptors (Lipinski definition) is 6. The molecule has 1 heterocycles. The van der Waals surface area contributed by atoms with Crippen LogP contribution < -0.4 is 10.2 Å². The molecule has 0 unspecified atom stereocenters. The molecule has 0 spiro atoms. The lowest BCUT2D eigenvalue weighted by Gasteiger charge is -2.05. The number of ether oxygens (including phenoxy) is 1. The Hall–Kier alpha value is -3.19. The Morgan fingerprint density at radius 3 is 2.32 bits per heavy atom. The molecule has 6 nitrogen and oxygen atoms in total. The minimum atomic E-state index is -0.251. The fourth-order valence-corrected chi connectivity index (χ4v) is 3.12. The molecular formula is C21H20N4O2S. The predicted molar refractivity (Wildman–Crippen MR) is 111 cm³/mol. The van der Waals surface area contributed by atoms with E-state index in [1.165, 1.54) is 0 Å². The summed E-state index contributed by atoms with van der Waals surface area (Å²) in [7, 11) is 1.62. The van der Waals surface area contributed by atoms with Gasteiger partial charge in [0.25, 0.3) is 5.91 Å². The molecule has 0 aliphatic carbocycles. The molecule has 3 rings (SSSR count). The predicted octanol–water partition coefficient (Wildman–Crippen LogP) is 3.93. The summed E-state index contributed by atoms with van der Waals surface area (Å²) in [6, 6.07) is 16.7. The number of thioether (sulfide) groups is 1. The van der Waals surface area contributed by atoms with E-state index in [0.29, 0.717) is 11.3 Å². The van der Waals surface area contributed by atoms with Crippen molar-refractivity contribution in [3.63, 3.8) is 0 Å². The third kappa shape index (κ3) is 5.40. The molecule has 0 radical (unpaired) electrons. The van der Waals surface area contributed by atoms with E-state index < -0.39 is 0 Å². The van der Waals surface area contributed by atoms with Gasteiger partial charge >= 0.3 is 0 Å². The Labute approximate surface area is 168 Å². The second-order valence-electron chi connectivity index (χ2n) is 5.88. The van der Waals surface area contributed by atoms with Gasteiger partial charge in [0, 0.05) is 23.7 Å². The van der Waals surface area contributed by atoms with E-state index in [-0.39, 0.29) is 5.91 Å². The van der Waals surface area contributed by atoms with Crippen LogP contribution in [0.4, 0.5) is 0 Å². The van der Waals surface area contributed by atoms with Crippen LogP contribution in [0.3, 0.4) is 0 Å². The lowest BCUT2D eigenvalue weighted by atomic mass is 10.1. The zero-order chi connectivity index (χ0) is 19.8. The Bertz CT molecular complexity index is 942. The van der Waals surface area contributed by atoms with Gasteiger partial charge in [0.15, 0.2) is 5.16 Å². The summed E-state index contributed by atoms with van der Waals surface area (Å²) in [5, 5.41) is 4.91. The van der Waals surface area contributed by atoms with Gasteiger partial charge in [0.2, 0.25) is 0 Å². The van der Waals surface area contributed by atoms with E-state index in [1.807, 2.05) is 43.3 Å². The molecule has 0 aliphatic heterocycles. The van der Waals surface area contributed by atoms with Gasteiger partial charge in [-0.15, -0.1) is 0 Å². The molecule has 0 fully saturated rings. The third-order valence-electron chi connectivity index (χ3n) is 3.96. The number of benzene rings is 2. The number of nitrogens with one attached hydrogen (secondary N) is 1. The average Bonchev–Trinajstić information content (AvgIpc) is 2.77. The van der Waals surface area contributed by atoms with Crippen molar-refractivity contribution < 1.29 is 9.53 Å². The number of hydrazone groups is 1. The lowest BCUT2D eigenvalue weighted by molar-refractivity contribution is 0.0955. The maximum atomic E-state index is 12.3. The quantitative estimate of drug-likeness (QED) is 0.285. The monoisotopic (exact) mass is 392 g/mol. The molecule has 142 valence electrons. The standard InChI is InChI=1S/C21H20N4O2S/c1-15(17-8-10-19(27-2)11-9-17)24-25-20(26)18-6-4-16(5-7-18)14-28-21-22-12-3-13-23-21/h3-13H,14H2,1-2H3,(H,25,26)/b24-15+. The Balaban J connectivity index is 1.56. The van der Waals surface area contributed by atoms with Crippen molar-refractivity contribution in [2.45, 2.75) is 17.8 Å². The van der Waals surface area contributed by atoms with Gasteiger partial charge in [-0.05, 0) is 60.5 Å². The van der Waals surface area contributed by atoms with Crippen LogP contribution in [0.2, 0.25) is 0 Å². The average molecular weight is 392 g/mol. The molecule has 2 aromatic carbocycles. The molecule has 3 aromatic rings. The van der Waals surface area contributed by atoms with Crippen LogP contribution in [-0.4, -0.2) is 28.7 Å². The molecular weight excluding hydrogens is 372 g/mol. The van der Waals surface area contributed by atoms with E-state index in [2.05, 4.69) is 20.5 Å². The summed E-state index contributed by atoms with van der Waals surface area (Å²) >= 11 is 1.55. The van der Waals surface area contributed by atoms with Crippen LogP contribution >= 0.6 is 11.8 Å². The zero-order valence-corrected chi connectivity index (χ0v) is 16.4. The topological polar surface area (TPSA) is 76.5 Å². The number of amides is 1. The molecule has 1 N–H and O–H groups in total. The normalized spacial score (nSPS) is 11.1. The first kappa shape index (κ1) is 19.6. The van der Waals surface area contributed by atoms with Crippen molar-refractivity contribution in [1.82, 2.24) is 15.4 Å². The van der Waals surface area contributed by atoms with Crippen LogP contribution in [0, 0.1) is 0 Å². The van der Waals surface area contributed by atoms with Gasteiger partial charge in [0.1, 0.15) is 5.75 Å². The van der Waals surface area contributed by atoms with Crippen molar-refractivity contribution in [1.29, 1.82) is 0 Å². The molecule has 0 atom stereocenters. The highest BCUT2D eigenvalue weighted by molar-refractivity contribution is 7.98. The summed E-state index contributed by atoms with van der Waals surface area (Å²) in [5.41, 5.74) is 5.87. The SMILES string of the molecule is COc1ccc(/C(C)=N/NC(=O)c2ccc(CSc3ncccn3)cc2)cc1. The minimum absolute atomic E-state index is 0.251. The van der Waals surface area contributed by atoms with Crippen molar-refractivity contribution in [2.24, 2.45) is 5.10 Å². The molecule has 0 aliphatic rings. The molecule has 7 heteroatoms. The van der Waals surface area contributed by atoms with Gasteiger partial charge in [-0.2, -0.15) is 5.10 Å². The van der Waals surface area contributed by atoms with Crippen LogP contribution in [0.25, 0.3) is 0 Å². The van der Waals surface area contributed by atoms with E-state index in [9.17, 15) is 4.79 Å². The number of carbonyl (C=O) groups excluding carboxylic acids is 1. The van der Waals surface area contributed by atoms with Crippen LogP contribution in [-0.2, 0) is 5.75 Å². The van der Waals surface area contributed by atoms with Gasteiger partial charge in [-0.1, -0.05) is 23.9 Å². The molecule has 1 aromatic heterocycles. The van der Waals surface area contributed by atoms with Gasteiger partial charge in [0.05, 0.1) is 12.8 Å². The maximum Gasteiger partial charge on any atom is 0.271 e. The summed E-state index contributed by atoms with van der Waals surface area (Å²) in [6.45, 7) is 1.84. The number of rotatable bonds is 7. The summed E-state index contributed by atoms with van der Waals surface area (Å²) in [4.78, 5) is 20.7. The van der Waals surface area contributed by atoms with Crippen molar-refractivity contribution >= 4 is 23.4 Å². The first-order chi connectivity index (χ1) is 13.7. The maximum absolute atomic E-state index is 12.3. The highest BCUT2D eigenvalue weighted by atomic mass is 32.2. The Morgan fingerprint density at radius 2 is 1.68 bits per heavy atom. The molecule has 0 saturated carbocycles. The van der Waals surface area contributed by atoms with Crippen molar-refractivity contribution in [3.05, 3.63) is 83.7 Å².